The maximum absolute atomic E-state index is 4.61. The predicted octanol–water partition coefficient (Wildman–Crippen LogP) is 3.61. The van der Waals surface area contributed by atoms with E-state index in [1.54, 1.807) is 0 Å². The van der Waals surface area contributed by atoms with Gasteiger partial charge < -0.3 is 4.90 Å². The van der Waals surface area contributed by atoms with Crippen molar-refractivity contribution >= 4 is 30.1 Å². The van der Waals surface area contributed by atoms with Gasteiger partial charge in [-0.2, -0.15) is 0 Å². The molecule has 3 heteroatoms. The lowest BCUT2D eigenvalue weighted by molar-refractivity contribution is 0.526. The Morgan fingerprint density at radius 3 is 2.57 bits per heavy atom. The number of hydrogen-bond acceptors (Lipinski definition) is 3. The number of thiol groups is 1. The van der Waals surface area contributed by atoms with Crippen LogP contribution in [0, 0.1) is 0 Å². The summed E-state index contributed by atoms with van der Waals surface area (Å²) in [7, 11) is 0. The molecule has 0 saturated heterocycles. The Kier molecular flexibility index (Phi) is 2.48. The molecule has 14 heavy (non-hydrogen) atoms. The van der Waals surface area contributed by atoms with Crippen LogP contribution in [0.4, 0.5) is 5.69 Å². The normalized spacial score (nSPS) is 21.1. The van der Waals surface area contributed by atoms with Crippen LogP contribution in [0.3, 0.4) is 0 Å². The molecule has 1 aromatic carbocycles. The number of rotatable bonds is 0. The largest absolute Gasteiger partial charge is 0.345 e. The average Bonchev–Trinajstić information content (AvgIpc) is 2.38. The molecule has 0 spiro atoms. The molecule has 76 valence electrons. The van der Waals surface area contributed by atoms with E-state index in [1.807, 2.05) is 11.8 Å². The van der Waals surface area contributed by atoms with Gasteiger partial charge in [-0.3, -0.25) is 0 Å². The maximum Gasteiger partial charge on any atom is 0.124 e. The molecule has 0 aromatic heterocycles. The van der Waals surface area contributed by atoms with Crippen molar-refractivity contribution in [3.05, 3.63) is 24.3 Å². The molecular formula is C11H15NS2. The van der Waals surface area contributed by atoms with Crippen LogP contribution in [-0.4, -0.2) is 10.2 Å². The smallest absolute Gasteiger partial charge is 0.124 e. The first-order valence-corrected chi connectivity index (χ1v) is 6.13. The van der Waals surface area contributed by atoms with Gasteiger partial charge in [0.05, 0.1) is 5.69 Å². The predicted molar refractivity (Wildman–Crippen MR) is 67.3 cm³/mol. The standard InChI is InChI=1S/C11H15NS2/c1-11(2,3)12-8-6-4-5-7-9(8)14-10(12)13/h4-7,10,13H,1-3H3. The van der Waals surface area contributed by atoms with E-state index in [-0.39, 0.29) is 10.2 Å². The molecule has 1 aliphatic heterocycles. The Morgan fingerprint density at radius 2 is 1.93 bits per heavy atom. The van der Waals surface area contributed by atoms with Crippen LogP contribution in [0.25, 0.3) is 0 Å². The number of hydrogen-bond donors (Lipinski definition) is 1. The summed E-state index contributed by atoms with van der Waals surface area (Å²) in [6.45, 7) is 6.66. The summed E-state index contributed by atoms with van der Waals surface area (Å²) in [5, 5.41) is 0. The highest BCUT2D eigenvalue weighted by Crippen LogP contribution is 2.47. The summed E-state index contributed by atoms with van der Waals surface area (Å²) in [4.78, 5) is 3.69. The van der Waals surface area contributed by atoms with Crippen molar-refractivity contribution in [2.24, 2.45) is 0 Å². The highest BCUT2D eigenvalue weighted by Gasteiger charge is 2.34. The zero-order valence-electron chi connectivity index (χ0n) is 8.69. The van der Waals surface area contributed by atoms with Gasteiger partial charge in [-0.15, -0.1) is 12.6 Å². The first-order valence-electron chi connectivity index (χ1n) is 4.73. The van der Waals surface area contributed by atoms with Crippen molar-refractivity contribution in [2.45, 2.75) is 35.9 Å². The van der Waals surface area contributed by atoms with Crippen LogP contribution in [0.2, 0.25) is 0 Å². The van der Waals surface area contributed by atoms with Gasteiger partial charge in [0.1, 0.15) is 4.71 Å². The van der Waals surface area contributed by atoms with Gasteiger partial charge in [-0.1, -0.05) is 23.9 Å². The van der Waals surface area contributed by atoms with E-state index in [0.29, 0.717) is 0 Å². The summed E-state index contributed by atoms with van der Waals surface area (Å²) in [5.74, 6) is 0. The third kappa shape index (κ3) is 1.63. The molecule has 0 fully saturated rings. The molecule has 1 aliphatic rings. The molecular weight excluding hydrogens is 210 g/mol. The molecule has 1 nitrogen and oxygen atoms in total. The molecule has 1 aromatic rings. The second-order valence-electron chi connectivity index (χ2n) is 4.45. The fraction of sp³-hybridized carbons (Fsp3) is 0.455. The quantitative estimate of drug-likeness (QED) is 0.672. The maximum atomic E-state index is 4.61. The van der Waals surface area contributed by atoms with Crippen molar-refractivity contribution < 1.29 is 0 Å². The lowest BCUT2D eigenvalue weighted by Gasteiger charge is -2.36. The lowest BCUT2D eigenvalue weighted by atomic mass is 10.1. The summed E-state index contributed by atoms with van der Waals surface area (Å²) < 4.78 is 0.243. The Morgan fingerprint density at radius 1 is 1.29 bits per heavy atom. The van der Waals surface area contributed by atoms with Crippen molar-refractivity contribution in [2.75, 3.05) is 4.90 Å². The Bertz CT molecular complexity index is 343. The Labute approximate surface area is 95.3 Å². The third-order valence-electron chi connectivity index (χ3n) is 2.30. The minimum absolute atomic E-state index is 0.131. The lowest BCUT2D eigenvalue weighted by Crippen LogP contribution is -2.42. The second-order valence-corrected chi connectivity index (χ2v) is 6.41. The van der Waals surface area contributed by atoms with Gasteiger partial charge in [0.25, 0.3) is 0 Å². The highest BCUT2D eigenvalue weighted by molar-refractivity contribution is 8.11. The van der Waals surface area contributed by atoms with E-state index in [0.717, 1.165) is 0 Å². The first-order chi connectivity index (χ1) is 6.50. The Balaban J connectivity index is 2.45. The van der Waals surface area contributed by atoms with E-state index in [1.165, 1.54) is 10.6 Å². The summed E-state index contributed by atoms with van der Waals surface area (Å²) in [5.41, 5.74) is 1.44. The van der Waals surface area contributed by atoms with E-state index in [4.69, 9.17) is 0 Å². The summed E-state index contributed by atoms with van der Waals surface area (Å²) in [6.07, 6.45) is 0. The van der Waals surface area contributed by atoms with Crippen molar-refractivity contribution in [3.63, 3.8) is 0 Å². The van der Waals surface area contributed by atoms with Crippen LogP contribution in [-0.2, 0) is 0 Å². The number of fused-ring (bicyclic) bond motifs is 1. The summed E-state index contributed by atoms with van der Waals surface area (Å²) >= 11 is 6.43. The van der Waals surface area contributed by atoms with E-state index < -0.39 is 0 Å². The van der Waals surface area contributed by atoms with E-state index >= 15 is 0 Å². The fourth-order valence-corrected chi connectivity index (χ4v) is 3.75. The Hall–Kier alpha value is -0.280. The van der Waals surface area contributed by atoms with Crippen molar-refractivity contribution in [3.8, 4) is 0 Å². The highest BCUT2D eigenvalue weighted by atomic mass is 32.2. The SMILES string of the molecule is CC(C)(C)N1c2ccccc2SC1S. The van der Waals surface area contributed by atoms with Gasteiger partial charge in [0, 0.05) is 10.4 Å². The zero-order valence-corrected chi connectivity index (χ0v) is 10.4. The zero-order chi connectivity index (χ0) is 10.3. The second kappa shape index (κ2) is 3.38. The molecule has 0 aliphatic carbocycles. The molecule has 1 unspecified atom stereocenters. The van der Waals surface area contributed by atoms with Crippen LogP contribution in [0.15, 0.2) is 29.2 Å². The number of anilines is 1. The molecule has 0 saturated carbocycles. The molecule has 0 N–H and O–H groups in total. The molecule has 1 atom stereocenters. The fourth-order valence-electron chi connectivity index (χ4n) is 1.73. The average molecular weight is 225 g/mol. The van der Waals surface area contributed by atoms with Gasteiger partial charge in [0.2, 0.25) is 0 Å². The molecule has 0 bridgehead atoms. The van der Waals surface area contributed by atoms with E-state index in [9.17, 15) is 0 Å². The number of benzene rings is 1. The van der Waals surface area contributed by atoms with Crippen LogP contribution < -0.4 is 4.90 Å². The van der Waals surface area contributed by atoms with Crippen LogP contribution in [0.1, 0.15) is 20.8 Å². The minimum Gasteiger partial charge on any atom is -0.345 e. The number of thioether (sulfide) groups is 1. The molecule has 0 amide bonds. The van der Waals surface area contributed by atoms with Gasteiger partial charge in [0.15, 0.2) is 0 Å². The van der Waals surface area contributed by atoms with Gasteiger partial charge in [-0.05, 0) is 32.9 Å². The number of nitrogens with zero attached hydrogens (tertiary/aromatic N) is 1. The third-order valence-corrected chi connectivity index (χ3v) is 3.87. The first kappa shape index (κ1) is 10.2. The summed E-state index contributed by atoms with van der Waals surface area (Å²) in [6, 6.07) is 8.50. The molecule has 2 rings (SSSR count). The number of para-hydroxylation sites is 1. The van der Waals surface area contributed by atoms with Gasteiger partial charge in [-0.25, -0.2) is 0 Å². The van der Waals surface area contributed by atoms with Crippen LogP contribution >= 0.6 is 24.4 Å². The van der Waals surface area contributed by atoms with Gasteiger partial charge >= 0.3 is 0 Å². The molecule has 1 heterocycles. The van der Waals surface area contributed by atoms with Crippen LogP contribution in [0.5, 0.6) is 0 Å². The topological polar surface area (TPSA) is 3.24 Å². The van der Waals surface area contributed by atoms with Crippen molar-refractivity contribution in [1.29, 1.82) is 0 Å². The molecule has 0 radical (unpaired) electrons. The monoisotopic (exact) mass is 225 g/mol. The minimum atomic E-state index is 0.131. The van der Waals surface area contributed by atoms with Crippen molar-refractivity contribution in [1.82, 2.24) is 0 Å². The van der Waals surface area contributed by atoms with E-state index in [2.05, 4.69) is 62.6 Å².